The number of carboxylic acid groups (broad SMARTS) is 1. The zero-order chi connectivity index (χ0) is 7.84. The Bertz CT molecular complexity index is 338. The lowest BCUT2D eigenvalue weighted by molar-refractivity contribution is 0.0696. The molecule has 0 spiro atoms. The van der Waals surface area contributed by atoms with Crippen molar-refractivity contribution in [3.8, 4) is 0 Å². The summed E-state index contributed by atoms with van der Waals surface area (Å²) in [6, 6.07) is 0. The first kappa shape index (κ1) is 6.15. The molecule has 11 heavy (non-hydrogen) atoms. The Labute approximate surface area is 62.8 Å². The molecule has 1 N–H and O–H groups in total. The quantitative estimate of drug-likeness (QED) is 0.638. The molecule has 1 aromatic heterocycles. The molecule has 0 radical (unpaired) electrons. The number of aromatic nitrogens is 2. The largest absolute Gasteiger partial charge is 0.478 e. The number of allylic oxidation sites excluding steroid dienone is 1. The smallest absolute Gasteiger partial charge is 0.339 e. The molecule has 1 aliphatic rings. The average Bonchev–Trinajstić information content (AvgIpc) is 2.41. The predicted molar refractivity (Wildman–Crippen MR) is 38.2 cm³/mol. The van der Waals surface area contributed by atoms with Gasteiger partial charge in [-0.15, -0.1) is 0 Å². The third kappa shape index (κ3) is 0.756. The fraction of sp³-hybridized carbons (Fsp3) is 0.143. The van der Waals surface area contributed by atoms with Crippen molar-refractivity contribution in [2.24, 2.45) is 0 Å². The monoisotopic (exact) mass is 150 g/mol. The maximum Gasteiger partial charge on any atom is 0.339 e. The van der Waals surface area contributed by atoms with Crippen molar-refractivity contribution in [2.75, 3.05) is 0 Å². The van der Waals surface area contributed by atoms with E-state index in [2.05, 4.69) is 5.10 Å². The van der Waals surface area contributed by atoms with Crippen molar-refractivity contribution >= 4 is 12.2 Å². The summed E-state index contributed by atoms with van der Waals surface area (Å²) < 4.78 is 1.59. The van der Waals surface area contributed by atoms with Crippen LogP contribution < -0.4 is 0 Å². The summed E-state index contributed by atoms with van der Waals surface area (Å²) in [5.41, 5.74) is 1.06. The average molecular weight is 150 g/mol. The number of fused-ring (bicyclic) bond motifs is 1. The van der Waals surface area contributed by atoms with Crippen LogP contribution in [0.3, 0.4) is 0 Å². The molecule has 1 aromatic rings. The summed E-state index contributed by atoms with van der Waals surface area (Å²) >= 11 is 0. The van der Waals surface area contributed by atoms with Gasteiger partial charge in [-0.05, 0) is 0 Å². The van der Waals surface area contributed by atoms with Gasteiger partial charge in [0, 0.05) is 12.6 Å². The number of hydrogen-bond acceptors (Lipinski definition) is 2. The van der Waals surface area contributed by atoms with Gasteiger partial charge in [0.05, 0.1) is 11.9 Å². The minimum absolute atomic E-state index is 0.301. The van der Waals surface area contributed by atoms with Gasteiger partial charge < -0.3 is 5.11 Å². The molecule has 1 aliphatic heterocycles. The van der Waals surface area contributed by atoms with E-state index >= 15 is 0 Å². The molecule has 2 rings (SSSR count). The molecule has 4 nitrogen and oxygen atoms in total. The van der Waals surface area contributed by atoms with Crippen LogP contribution >= 0.6 is 0 Å². The van der Waals surface area contributed by atoms with E-state index in [1.807, 2.05) is 6.08 Å². The first-order chi connectivity index (χ1) is 5.29. The zero-order valence-electron chi connectivity index (χ0n) is 5.69. The molecule has 0 saturated carbocycles. The predicted octanol–water partition coefficient (Wildman–Crippen LogP) is 0.608. The van der Waals surface area contributed by atoms with Crippen molar-refractivity contribution in [3.05, 3.63) is 23.5 Å². The molecule has 0 unspecified atom stereocenters. The van der Waals surface area contributed by atoms with Crippen LogP contribution in [0.15, 0.2) is 12.3 Å². The van der Waals surface area contributed by atoms with Gasteiger partial charge in [0.25, 0.3) is 0 Å². The van der Waals surface area contributed by atoms with Gasteiger partial charge in [-0.3, -0.25) is 0 Å². The molecule has 0 atom stereocenters. The van der Waals surface area contributed by atoms with Gasteiger partial charge >= 0.3 is 5.97 Å². The van der Waals surface area contributed by atoms with Gasteiger partial charge in [0.15, 0.2) is 0 Å². The van der Waals surface area contributed by atoms with Crippen LogP contribution in [0.1, 0.15) is 16.1 Å². The van der Waals surface area contributed by atoms with E-state index in [0.717, 1.165) is 5.69 Å². The summed E-state index contributed by atoms with van der Waals surface area (Å²) in [4.78, 5) is 10.5. The standard InChI is InChI=1S/C7H6N2O2/c10-7(11)5-4-8-9-3-1-2-6(5)9/h1,3-4H,2H2,(H,10,11). The van der Waals surface area contributed by atoms with Crippen LogP contribution in [-0.4, -0.2) is 20.9 Å². The number of aromatic carboxylic acids is 1. The molecule has 0 fully saturated rings. The lowest BCUT2D eigenvalue weighted by atomic mass is 10.2. The summed E-state index contributed by atoms with van der Waals surface area (Å²) in [5, 5.41) is 12.5. The first-order valence-corrected chi connectivity index (χ1v) is 3.25. The highest BCUT2D eigenvalue weighted by Crippen LogP contribution is 2.15. The van der Waals surface area contributed by atoms with Gasteiger partial charge in [0.1, 0.15) is 5.56 Å². The molecule has 0 amide bonds. The fourth-order valence-corrected chi connectivity index (χ4v) is 1.16. The topological polar surface area (TPSA) is 55.1 Å². The van der Waals surface area contributed by atoms with E-state index in [9.17, 15) is 4.79 Å². The third-order valence-corrected chi connectivity index (χ3v) is 1.69. The highest BCUT2D eigenvalue weighted by atomic mass is 16.4. The van der Waals surface area contributed by atoms with E-state index in [-0.39, 0.29) is 0 Å². The summed E-state index contributed by atoms with van der Waals surface area (Å²) in [5.74, 6) is -0.907. The van der Waals surface area contributed by atoms with Crippen LogP contribution in [0.25, 0.3) is 6.20 Å². The highest BCUT2D eigenvalue weighted by molar-refractivity contribution is 5.89. The van der Waals surface area contributed by atoms with Crippen LogP contribution in [0.4, 0.5) is 0 Å². The van der Waals surface area contributed by atoms with E-state index in [4.69, 9.17) is 5.11 Å². The molecule has 2 heterocycles. The number of carbonyl (C=O) groups is 1. The molecular weight excluding hydrogens is 144 g/mol. The number of hydrogen-bond donors (Lipinski definition) is 1. The van der Waals surface area contributed by atoms with Gasteiger partial charge in [-0.25, -0.2) is 9.48 Å². The molecule has 0 aliphatic carbocycles. The van der Waals surface area contributed by atoms with Gasteiger partial charge in [0.2, 0.25) is 0 Å². The molecular formula is C7H6N2O2. The molecule has 0 saturated heterocycles. The first-order valence-electron chi connectivity index (χ1n) is 3.25. The second-order valence-electron chi connectivity index (χ2n) is 2.34. The molecule has 4 heteroatoms. The second kappa shape index (κ2) is 1.95. The summed E-state index contributed by atoms with van der Waals surface area (Å²) in [7, 11) is 0. The number of carboxylic acids is 1. The lowest BCUT2D eigenvalue weighted by Gasteiger charge is -1.92. The van der Waals surface area contributed by atoms with Crippen molar-refractivity contribution in [1.29, 1.82) is 0 Å². The van der Waals surface area contributed by atoms with Crippen molar-refractivity contribution in [3.63, 3.8) is 0 Å². The highest BCUT2D eigenvalue weighted by Gasteiger charge is 2.16. The SMILES string of the molecule is O=C(O)c1cnn2c1CC=C2. The molecule has 0 bridgehead atoms. The second-order valence-corrected chi connectivity index (χ2v) is 2.34. The Morgan fingerprint density at radius 3 is 3.27 bits per heavy atom. The normalized spacial score (nSPS) is 13.5. The van der Waals surface area contributed by atoms with Crippen LogP contribution in [0.2, 0.25) is 0 Å². The Balaban J connectivity index is 2.55. The van der Waals surface area contributed by atoms with E-state index in [0.29, 0.717) is 12.0 Å². The maximum absolute atomic E-state index is 10.5. The zero-order valence-corrected chi connectivity index (χ0v) is 5.69. The molecule has 0 aromatic carbocycles. The maximum atomic E-state index is 10.5. The van der Waals surface area contributed by atoms with Crippen molar-refractivity contribution in [1.82, 2.24) is 9.78 Å². The van der Waals surface area contributed by atoms with E-state index < -0.39 is 5.97 Å². The lowest BCUT2D eigenvalue weighted by Crippen LogP contribution is -1.99. The Hall–Kier alpha value is -1.58. The Kier molecular flexibility index (Phi) is 1.09. The van der Waals surface area contributed by atoms with E-state index in [1.54, 1.807) is 10.9 Å². The summed E-state index contributed by atoms with van der Waals surface area (Å²) in [6.07, 6.45) is 5.69. The van der Waals surface area contributed by atoms with Crippen molar-refractivity contribution in [2.45, 2.75) is 6.42 Å². The summed E-state index contributed by atoms with van der Waals surface area (Å²) in [6.45, 7) is 0. The number of nitrogens with zero attached hydrogens (tertiary/aromatic N) is 2. The third-order valence-electron chi connectivity index (χ3n) is 1.69. The Morgan fingerprint density at radius 1 is 1.73 bits per heavy atom. The fourth-order valence-electron chi connectivity index (χ4n) is 1.16. The minimum Gasteiger partial charge on any atom is -0.478 e. The van der Waals surface area contributed by atoms with Gasteiger partial charge in [-0.1, -0.05) is 6.08 Å². The Morgan fingerprint density at radius 2 is 2.55 bits per heavy atom. The van der Waals surface area contributed by atoms with Crippen LogP contribution in [0, 0.1) is 0 Å². The molecule has 56 valence electrons. The number of rotatable bonds is 1. The minimum atomic E-state index is -0.907. The van der Waals surface area contributed by atoms with E-state index in [1.165, 1.54) is 6.20 Å². The van der Waals surface area contributed by atoms with Gasteiger partial charge in [-0.2, -0.15) is 5.10 Å². The van der Waals surface area contributed by atoms with Crippen molar-refractivity contribution < 1.29 is 9.90 Å². The van der Waals surface area contributed by atoms with Crippen LogP contribution in [-0.2, 0) is 6.42 Å². The van der Waals surface area contributed by atoms with Crippen LogP contribution in [0.5, 0.6) is 0 Å².